The van der Waals surface area contributed by atoms with Gasteiger partial charge in [0, 0.05) is 11.3 Å². The summed E-state index contributed by atoms with van der Waals surface area (Å²) in [6.45, 7) is 0. The van der Waals surface area contributed by atoms with Gasteiger partial charge in [0.05, 0.1) is 22.7 Å². The maximum absolute atomic E-state index is 11.0. The van der Waals surface area contributed by atoms with Crippen molar-refractivity contribution in [3.63, 3.8) is 0 Å². The molecule has 0 amide bonds. The average Bonchev–Trinajstić information content (AvgIpc) is 3.63. The van der Waals surface area contributed by atoms with Crippen molar-refractivity contribution in [1.82, 2.24) is 0 Å². The summed E-state index contributed by atoms with van der Waals surface area (Å²) in [5.74, 6) is -16.7. The van der Waals surface area contributed by atoms with Crippen molar-refractivity contribution in [2.24, 2.45) is 17.8 Å². The Morgan fingerprint density at radius 3 is 1.56 bits per heavy atom. The van der Waals surface area contributed by atoms with E-state index in [1.54, 1.807) is 30.3 Å². The molecule has 1 aliphatic heterocycles. The second-order valence-corrected chi connectivity index (χ2v) is 15.6. The first-order valence-electron chi connectivity index (χ1n) is 19.1. The highest BCUT2D eigenvalue weighted by Crippen LogP contribution is 2.59. The van der Waals surface area contributed by atoms with E-state index in [0.29, 0.717) is 12.8 Å². The molecule has 5 aromatic carbocycles. The molecule has 0 saturated carbocycles. The number of benzene rings is 5. The summed E-state index contributed by atoms with van der Waals surface area (Å²) in [5.41, 5.74) is 2.78. The van der Waals surface area contributed by atoms with Gasteiger partial charge in [-0.05, 0) is 83.8 Å². The van der Waals surface area contributed by atoms with Crippen LogP contribution in [0.15, 0.2) is 66.8 Å². The van der Waals surface area contributed by atoms with Crippen molar-refractivity contribution in [2.75, 3.05) is 5.32 Å². The lowest BCUT2D eigenvalue weighted by Crippen LogP contribution is -2.27. The number of hydrogen-bond donors (Lipinski definition) is 16. The quantitative estimate of drug-likeness (QED) is 0.0555. The first-order valence-corrected chi connectivity index (χ1v) is 19.1. The van der Waals surface area contributed by atoms with Crippen LogP contribution in [0.2, 0.25) is 0 Å². The molecule has 4 atom stereocenters. The van der Waals surface area contributed by atoms with E-state index in [2.05, 4.69) is 11.4 Å². The van der Waals surface area contributed by atoms with Crippen molar-refractivity contribution in [3.8, 4) is 97.4 Å². The minimum atomic E-state index is -1.19. The van der Waals surface area contributed by atoms with Crippen LogP contribution in [-0.2, 0) is 6.42 Å². The predicted molar refractivity (Wildman–Crippen MR) is 220 cm³/mol. The Morgan fingerprint density at radius 2 is 1.00 bits per heavy atom. The fraction of sp³-hybridized carbons (Fsp3) is 0.200. The summed E-state index contributed by atoms with van der Waals surface area (Å²) in [4.78, 5) is 0. The van der Waals surface area contributed by atoms with Gasteiger partial charge in [-0.3, -0.25) is 0 Å². The predicted octanol–water partition coefficient (Wildman–Crippen LogP) is 6.96. The van der Waals surface area contributed by atoms with Gasteiger partial charge in [-0.1, -0.05) is 60.7 Å². The first kappa shape index (κ1) is 39.9. The average molecular weight is 836 g/mol. The number of aromatic hydroxyl groups is 15. The number of allylic oxidation sites excluding steroid dienone is 5. The molecule has 8 rings (SSSR count). The van der Waals surface area contributed by atoms with E-state index in [4.69, 9.17) is 0 Å². The lowest BCUT2D eigenvalue weighted by atomic mass is 9.71. The molecule has 0 bridgehead atoms. The van der Waals surface area contributed by atoms with Crippen LogP contribution in [0.25, 0.3) is 27.8 Å². The molecule has 16 N–H and O–H groups in total. The van der Waals surface area contributed by atoms with Gasteiger partial charge in [-0.25, -0.2) is 0 Å². The third kappa shape index (κ3) is 6.48. The van der Waals surface area contributed by atoms with Gasteiger partial charge >= 0.3 is 0 Å². The maximum atomic E-state index is 11.0. The largest absolute Gasteiger partial charge is 0.504 e. The molecule has 0 radical (unpaired) electrons. The number of anilines is 1. The van der Waals surface area contributed by atoms with Crippen LogP contribution in [0.4, 0.5) is 5.69 Å². The van der Waals surface area contributed by atoms with Gasteiger partial charge in [-0.15, -0.1) is 0 Å². The van der Waals surface area contributed by atoms with Crippen LogP contribution in [0, 0.1) is 17.8 Å². The van der Waals surface area contributed by atoms with Gasteiger partial charge in [0.2, 0.25) is 51.7 Å². The molecule has 1 heterocycles. The molecule has 0 aromatic heterocycles. The van der Waals surface area contributed by atoms with E-state index in [9.17, 15) is 76.6 Å². The second kappa shape index (κ2) is 14.7. The monoisotopic (exact) mass is 835 g/mol. The highest BCUT2D eigenvalue weighted by atomic mass is 16.4. The molecule has 3 unspecified atom stereocenters. The van der Waals surface area contributed by atoms with Crippen LogP contribution in [0.1, 0.15) is 47.9 Å². The zero-order valence-corrected chi connectivity index (χ0v) is 31.9. The van der Waals surface area contributed by atoms with Crippen molar-refractivity contribution in [3.05, 3.63) is 89.0 Å². The highest BCUT2D eigenvalue weighted by Gasteiger charge is 2.37. The summed E-state index contributed by atoms with van der Waals surface area (Å²) in [5, 5.41) is 161. The van der Waals surface area contributed by atoms with Crippen LogP contribution in [-0.4, -0.2) is 82.6 Å². The van der Waals surface area contributed by atoms with E-state index < -0.39 is 103 Å². The highest BCUT2D eigenvalue weighted by molar-refractivity contribution is 5.95. The first-order chi connectivity index (χ1) is 29.0. The topological polar surface area (TPSA) is 315 Å². The second-order valence-electron chi connectivity index (χ2n) is 15.6. The van der Waals surface area contributed by atoms with E-state index in [-0.39, 0.29) is 46.6 Å². The maximum Gasteiger partial charge on any atom is 0.208 e. The normalized spacial score (nSPS) is 18.6. The number of para-hydroxylation sites is 1. The fourth-order valence-electron chi connectivity index (χ4n) is 8.98. The van der Waals surface area contributed by atoms with E-state index in [1.165, 1.54) is 6.08 Å². The third-order valence-electron chi connectivity index (χ3n) is 12.0. The van der Waals surface area contributed by atoms with Gasteiger partial charge in [0.1, 0.15) is 0 Å². The molecule has 316 valence electrons. The minimum absolute atomic E-state index is 0.00994. The van der Waals surface area contributed by atoms with Crippen molar-refractivity contribution < 1.29 is 76.6 Å². The number of phenolic OH excluding ortho intramolecular Hbond substituents is 15. The summed E-state index contributed by atoms with van der Waals surface area (Å²) in [7, 11) is 0. The Balaban J connectivity index is 1.23. The number of phenols is 15. The van der Waals surface area contributed by atoms with Crippen LogP contribution in [0.5, 0.6) is 86.2 Å². The standard InChI is InChI=1S/C45H41NO15/c47-31-28(32(48)38(54)43(59)37(31)53)19-7-5-17(6-8-19)11-21(20-9-10-27-25(16-20)24-3-1-2-4-26(24)46-27)12-18-13-22(29-33(49)39(55)44(60)40(56)34(29)50)15-23(14-18)30-35(51)41(57)45(61)42(58)36(30)52/h1-8,13,15-16,18,20-21,27,46-61H,9-12,14H2/t18?,20?,21-,27?/m1/s1. The number of hydrogen-bond acceptors (Lipinski definition) is 16. The number of fused-ring (bicyclic) bond motifs is 3. The van der Waals surface area contributed by atoms with E-state index >= 15 is 0 Å². The van der Waals surface area contributed by atoms with Gasteiger partial charge in [-0.2, -0.15) is 0 Å². The molecular weight excluding hydrogens is 794 g/mol. The molecule has 5 aromatic rings. The Kier molecular flexibility index (Phi) is 9.65. The Labute approximate surface area is 346 Å². The molecule has 16 heteroatoms. The lowest BCUT2D eigenvalue weighted by Gasteiger charge is -2.34. The molecular formula is C45H41NO15. The summed E-state index contributed by atoms with van der Waals surface area (Å²) < 4.78 is 0. The molecule has 3 aliphatic rings. The Morgan fingerprint density at radius 1 is 0.508 bits per heavy atom. The van der Waals surface area contributed by atoms with Crippen molar-refractivity contribution in [1.29, 1.82) is 0 Å². The lowest BCUT2D eigenvalue weighted by molar-refractivity contribution is 0.303. The molecule has 0 spiro atoms. The van der Waals surface area contributed by atoms with Crippen LogP contribution < -0.4 is 5.32 Å². The van der Waals surface area contributed by atoms with Gasteiger partial charge in [0.25, 0.3) is 0 Å². The molecule has 61 heavy (non-hydrogen) atoms. The Hall–Kier alpha value is -7.88. The number of nitrogens with one attached hydrogen (secondary N) is 1. The third-order valence-corrected chi connectivity index (χ3v) is 12.0. The van der Waals surface area contributed by atoms with E-state index in [0.717, 1.165) is 35.2 Å². The molecule has 0 fully saturated rings. The van der Waals surface area contributed by atoms with E-state index in [1.807, 2.05) is 24.3 Å². The van der Waals surface area contributed by atoms with Gasteiger partial charge in [0.15, 0.2) is 34.5 Å². The van der Waals surface area contributed by atoms with Crippen LogP contribution >= 0.6 is 0 Å². The zero-order chi connectivity index (χ0) is 43.8. The molecule has 2 aliphatic carbocycles. The SMILES string of the molecule is Oc1c(O)c(O)c(C2=CC(C[C@@H](Cc3ccc(-c4c(O)c(O)c(O)c(O)c4O)cc3)C3C=C4c5ccccc5NC4CC3)CC(c3c(O)c(O)c(O)c(O)c3O)=C2)c(O)c1O. The molecule has 0 saturated heterocycles. The fourth-order valence-corrected chi connectivity index (χ4v) is 8.98. The summed E-state index contributed by atoms with van der Waals surface area (Å²) in [6, 6.07) is 14.5. The molecule has 16 nitrogen and oxygen atoms in total. The van der Waals surface area contributed by atoms with Crippen molar-refractivity contribution >= 4 is 22.4 Å². The Bertz CT molecular complexity index is 2650. The summed E-state index contributed by atoms with van der Waals surface area (Å²) in [6.07, 6.45) is 7.29. The minimum Gasteiger partial charge on any atom is -0.504 e. The van der Waals surface area contributed by atoms with Crippen molar-refractivity contribution in [2.45, 2.75) is 38.1 Å². The summed E-state index contributed by atoms with van der Waals surface area (Å²) >= 11 is 0. The van der Waals surface area contributed by atoms with Gasteiger partial charge < -0.3 is 81.9 Å². The van der Waals surface area contributed by atoms with Crippen LogP contribution in [0.3, 0.4) is 0 Å². The number of rotatable bonds is 8. The zero-order valence-electron chi connectivity index (χ0n) is 31.9. The smallest absolute Gasteiger partial charge is 0.208 e.